The van der Waals surface area contributed by atoms with E-state index in [4.69, 9.17) is 4.98 Å². The predicted octanol–water partition coefficient (Wildman–Crippen LogP) is 13.5. The highest BCUT2D eigenvalue weighted by Gasteiger charge is 2.53. The number of hydrogen-bond acceptors (Lipinski definition) is 2. The fraction of sp³-hybridized carbons (Fsp3) is 0.0784. The van der Waals surface area contributed by atoms with Gasteiger partial charge >= 0.3 is 0 Å². The molecule has 2 aromatic heterocycles. The molecule has 0 bridgehead atoms. The Balaban J connectivity index is 1.21. The van der Waals surface area contributed by atoms with Crippen LogP contribution in [0.5, 0.6) is 0 Å². The van der Waals surface area contributed by atoms with Gasteiger partial charge in [-0.3, -0.25) is 0 Å². The van der Waals surface area contributed by atoms with Crippen LogP contribution in [0.15, 0.2) is 176 Å². The molecule has 7 aromatic carbocycles. The van der Waals surface area contributed by atoms with Crippen LogP contribution in [0, 0.1) is 0 Å². The van der Waals surface area contributed by atoms with Crippen LogP contribution in [0.4, 0.5) is 0 Å². The molecule has 0 fully saturated rings. The van der Waals surface area contributed by atoms with Crippen molar-refractivity contribution in [1.29, 1.82) is 0 Å². The van der Waals surface area contributed by atoms with E-state index in [1.807, 2.05) is 11.3 Å². The zero-order valence-corrected chi connectivity index (χ0v) is 30.4. The van der Waals surface area contributed by atoms with E-state index in [0.717, 1.165) is 17.0 Å². The summed E-state index contributed by atoms with van der Waals surface area (Å²) in [5, 5.41) is 2.59. The van der Waals surface area contributed by atoms with Gasteiger partial charge in [0.15, 0.2) is 0 Å². The van der Waals surface area contributed by atoms with Crippen molar-refractivity contribution in [2.75, 3.05) is 0 Å². The zero-order valence-electron chi connectivity index (χ0n) is 29.6. The van der Waals surface area contributed by atoms with Gasteiger partial charge in [0.2, 0.25) is 0 Å². The average molecular weight is 694 g/mol. The molecule has 0 atom stereocenters. The lowest BCUT2D eigenvalue weighted by molar-refractivity contribution is 0.564. The molecule has 2 aliphatic rings. The molecule has 53 heavy (non-hydrogen) atoms. The number of rotatable bonds is 3. The van der Waals surface area contributed by atoms with E-state index in [1.165, 1.54) is 81.4 Å². The van der Waals surface area contributed by atoms with Gasteiger partial charge in [0, 0.05) is 36.7 Å². The number of thiophene rings is 1. The zero-order chi connectivity index (χ0) is 35.3. The van der Waals surface area contributed by atoms with Crippen molar-refractivity contribution in [1.82, 2.24) is 4.98 Å². The van der Waals surface area contributed by atoms with Gasteiger partial charge in [0.25, 0.3) is 0 Å². The second kappa shape index (κ2) is 11.2. The van der Waals surface area contributed by atoms with Gasteiger partial charge in [-0.15, -0.1) is 11.3 Å². The lowest BCUT2D eigenvalue weighted by Gasteiger charge is -2.46. The second-order valence-corrected chi connectivity index (χ2v) is 16.1. The molecule has 0 aliphatic heterocycles. The van der Waals surface area contributed by atoms with Crippen molar-refractivity contribution in [3.63, 3.8) is 0 Å². The van der Waals surface area contributed by atoms with E-state index in [2.05, 4.69) is 190 Å². The minimum Gasteiger partial charge on any atom is -0.248 e. The van der Waals surface area contributed by atoms with Gasteiger partial charge in [-0.25, -0.2) is 4.98 Å². The normalized spacial score (nSPS) is 14.5. The minimum atomic E-state index is -0.412. The van der Waals surface area contributed by atoms with E-state index in [0.29, 0.717) is 0 Å². The summed E-state index contributed by atoms with van der Waals surface area (Å²) in [5.41, 5.74) is 17.0. The summed E-state index contributed by atoms with van der Waals surface area (Å²) in [5.74, 6) is 0. The molecule has 0 N–H and O–H groups in total. The van der Waals surface area contributed by atoms with Crippen LogP contribution in [-0.2, 0) is 10.8 Å². The molecule has 2 heterocycles. The summed E-state index contributed by atoms with van der Waals surface area (Å²) < 4.78 is 2.59. The van der Waals surface area contributed by atoms with Gasteiger partial charge < -0.3 is 0 Å². The van der Waals surface area contributed by atoms with Gasteiger partial charge in [-0.1, -0.05) is 166 Å². The Kier molecular flexibility index (Phi) is 6.45. The molecule has 0 radical (unpaired) electrons. The molecular weight excluding hydrogens is 659 g/mol. The van der Waals surface area contributed by atoms with Crippen LogP contribution >= 0.6 is 11.3 Å². The predicted molar refractivity (Wildman–Crippen MR) is 223 cm³/mol. The highest BCUT2D eigenvalue weighted by molar-refractivity contribution is 7.26. The van der Waals surface area contributed by atoms with Crippen LogP contribution in [0.25, 0.3) is 64.9 Å². The van der Waals surface area contributed by atoms with Gasteiger partial charge in [-0.2, -0.15) is 0 Å². The molecule has 1 spiro atoms. The second-order valence-electron chi connectivity index (χ2n) is 15.0. The highest BCUT2D eigenvalue weighted by atomic mass is 32.1. The molecule has 9 aromatic rings. The van der Waals surface area contributed by atoms with Crippen molar-refractivity contribution in [2.24, 2.45) is 0 Å². The molecule has 0 unspecified atom stereocenters. The first-order valence-electron chi connectivity index (χ1n) is 18.5. The maximum atomic E-state index is 5.36. The van der Waals surface area contributed by atoms with Crippen LogP contribution in [-0.4, -0.2) is 4.98 Å². The summed E-state index contributed by atoms with van der Waals surface area (Å²) >= 11 is 1.90. The van der Waals surface area contributed by atoms with Crippen LogP contribution in [0.3, 0.4) is 0 Å². The van der Waals surface area contributed by atoms with E-state index >= 15 is 0 Å². The minimum absolute atomic E-state index is 0.187. The lowest BCUT2D eigenvalue weighted by atomic mass is 9.55. The third-order valence-corrected chi connectivity index (χ3v) is 13.2. The molecular formula is C51H35NS. The van der Waals surface area contributed by atoms with Crippen LogP contribution < -0.4 is 0 Å². The number of nitrogens with zero attached hydrogens (tertiary/aromatic N) is 1. The van der Waals surface area contributed by atoms with Crippen molar-refractivity contribution in [3.8, 4) is 44.8 Å². The summed E-state index contributed by atoms with van der Waals surface area (Å²) in [4.78, 5) is 5.36. The molecule has 11 rings (SSSR count). The maximum absolute atomic E-state index is 5.36. The molecule has 0 amide bonds. The van der Waals surface area contributed by atoms with Crippen molar-refractivity contribution in [2.45, 2.75) is 24.7 Å². The highest BCUT2D eigenvalue weighted by Crippen LogP contribution is 2.63. The number of hydrogen-bond donors (Lipinski definition) is 0. The number of fused-ring (bicyclic) bond motifs is 12. The monoisotopic (exact) mass is 693 g/mol. The Labute approximate surface area is 313 Å². The van der Waals surface area contributed by atoms with Crippen molar-refractivity contribution < 1.29 is 0 Å². The fourth-order valence-electron chi connectivity index (χ4n) is 9.56. The summed E-state index contributed by atoms with van der Waals surface area (Å²) in [7, 11) is 0. The van der Waals surface area contributed by atoms with Crippen LogP contribution in [0.2, 0.25) is 0 Å². The standard InChI is InChI=1S/C51H35NS/c1-50(2)42-26-13-14-27-43(42)51(40-24-11-9-20-35(40)36-21-10-12-25-41(36)51)45-30-39-37-22-15-23-38(49(37)53-48(39)31-44(45)50)47-29-34(32-16-5-3-6-17-32)28-46(52-47)33-18-7-4-8-19-33/h3-31H,1-2H3. The largest absolute Gasteiger partial charge is 0.248 e. The smallest absolute Gasteiger partial charge is 0.0730 e. The van der Waals surface area contributed by atoms with E-state index < -0.39 is 5.41 Å². The van der Waals surface area contributed by atoms with E-state index in [9.17, 15) is 0 Å². The Bertz CT molecular complexity index is 2810. The van der Waals surface area contributed by atoms with Crippen molar-refractivity contribution in [3.05, 3.63) is 209 Å². The maximum Gasteiger partial charge on any atom is 0.0730 e. The average Bonchev–Trinajstić information content (AvgIpc) is 3.74. The Morgan fingerprint density at radius 2 is 0.962 bits per heavy atom. The first-order chi connectivity index (χ1) is 26.0. The topological polar surface area (TPSA) is 12.9 Å². The number of aromatic nitrogens is 1. The van der Waals surface area contributed by atoms with Gasteiger partial charge in [0.05, 0.1) is 16.8 Å². The summed E-state index contributed by atoms with van der Waals surface area (Å²) in [6, 6.07) is 65.0. The van der Waals surface area contributed by atoms with Gasteiger partial charge in [-0.05, 0) is 79.9 Å². The SMILES string of the molecule is CC1(C)c2ccccc2C2(c3ccccc3-c3ccccc32)c2cc3c(cc21)sc1c(-c2cc(-c4ccccc4)cc(-c4ccccc4)n2)cccc13. The molecule has 1 nitrogen and oxygen atoms in total. The number of pyridine rings is 1. The fourth-order valence-corrected chi connectivity index (χ4v) is 10.8. The summed E-state index contributed by atoms with van der Waals surface area (Å²) in [6.45, 7) is 4.83. The number of benzene rings is 7. The Morgan fingerprint density at radius 1 is 0.396 bits per heavy atom. The lowest BCUT2D eigenvalue weighted by Crippen LogP contribution is -2.40. The quantitative estimate of drug-likeness (QED) is 0.179. The molecule has 0 saturated heterocycles. The first kappa shape index (κ1) is 30.5. The van der Waals surface area contributed by atoms with Crippen LogP contribution in [0.1, 0.15) is 47.2 Å². The third kappa shape index (κ3) is 4.22. The Hall–Kier alpha value is -6.09. The summed E-state index contributed by atoms with van der Waals surface area (Å²) in [6.07, 6.45) is 0. The Morgan fingerprint density at radius 3 is 1.66 bits per heavy atom. The van der Waals surface area contributed by atoms with E-state index in [1.54, 1.807) is 0 Å². The van der Waals surface area contributed by atoms with Crippen molar-refractivity contribution >= 4 is 31.5 Å². The third-order valence-electron chi connectivity index (χ3n) is 11.9. The van der Waals surface area contributed by atoms with E-state index in [-0.39, 0.29) is 5.41 Å². The first-order valence-corrected chi connectivity index (χ1v) is 19.3. The van der Waals surface area contributed by atoms with Gasteiger partial charge in [0.1, 0.15) is 0 Å². The molecule has 0 saturated carbocycles. The molecule has 2 aliphatic carbocycles. The molecule has 2 heteroatoms. The molecule has 250 valence electrons.